The zero-order chi connectivity index (χ0) is 17.4. The zero-order valence-electron chi connectivity index (χ0n) is 14.6. The number of H-pyrrole nitrogens is 1. The molecule has 0 atom stereocenters. The number of aromatic nitrogens is 2. The smallest absolute Gasteiger partial charge is 0.332 e. The first-order chi connectivity index (χ1) is 11.4. The summed E-state index contributed by atoms with van der Waals surface area (Å²) in [5.74, 6) is 0.830. The number of rotatable bonds is 5. The molecule has 0 radical (unpaired) electrons. The topological polar surface area (TPSA) is 57.4 Å². The Kier molecular flexibility index (Phi) is 4.32. The molecule has 1 aromatic carbocycles. The van der Waals surface area contributed by atoms with Crippen LogP contribution in [0.5, 0.6) is 5.75 Å². The number of nitrogens with zero attached hydrogens (tertiary/aromatic N) is 1. The molecule has 0 fully saturated rings. The van der Waals surface area contributed by atoms with Gasteiger partial charge in [0.25, 0.3) is 0 Å². The Balaban J connectivity index is 1.92. The van der Waals surface area contributed by atoms with Crippen molar-refractivity contribution in [2.45, 2.75) is 20.8 Å². The summed E-state index contributed by atoms with van der Waals surface area (Å²) in [6, 6.07) is 5.84. The fourth-order valence-electron chi connectivity index (χ4n) is 2.87. The lowest BCUT2D eigenvalue weighted by atomic mass is 10.1. The van der Waals surface area contributed by atoms with Crippen molar-refractivity contribution in [2.75, 3.05) is 19.0 Å². The Morgan fingerprint density at radius 3 is 2.71 bits per heavy atom. The number of aryl methyl sites for hydroxylation is 3. The number of nitrogens with one attached hydrogen (secondary N) is 2. The van der Waals surface area contributed by atoms with Crippen LogP contribution < -0.4 is 15.0 Å². The molecule has 0 aliphatic rings. The van der Waals surface area contributed by atoms with Crippen molar-refractivity contribution in [1.82, 2.24) is 4.57 Å². The molecule has 24 heavy (non-hydrogen) atoms. The minimum absolute atomic E-state index is 0.0726. The first-order valence-corrected chi connectivity index (χ1v) is 8.63. The van der Waals surface area contributed by atoms with Gasteiger partial charge in [-0.05, 0) is 39.0 Å². The van der Waals surface area contributed by atoms with Crippen LogP contribution in [0.3, 0.4) is 0 Å². The van der Waals surface area contributed by atoms with Gasteiger partial charge in [0.15, 0.2) is 0 Å². The van der Waals surface area contributed by atoms with Gasteiger partial charge in [0, 0.05) is 23.6 Å². The molecule has 5 nitrogen and oxygen atoms in total. The maximum Gasteiger partial charge on any atom is 0.332 e. The van der Waals surface area contributed by atoms with E-state index in [1.54, 1.807) is 18.4 Å². The van der Waals surface area contributed by atoms with Gasteiger partial charge in [-0.25, -0.2) is 4.98 Å². The van der Waals surface area contributed by atoms with Crippen molar-refractivity contribution < 1.29 is 14.5 Å². The molecular weight excluding hydrogens is 322 g/mol. The van der Waals surface area contributed by atoms with E-state index in [4.69, 9.17) is 4.74 Å². The highest BCUT2D eigenvalue weighted by molar-refractivity contribution is 7.15. The van der Waals surface area contributed by atoms with E-state index in [1.807, 2.05) is 43.7 Å². The van der Waals surface area contributed by atoms with E-state index in [0.717, 1.165) is 38.7 Å². The van der Waals surface area contributed by atoms with Gasteiger partial charge >= 0.3 is 5.13 Å². The number of hydrogen-bond donors (Lipinski definition) is 1. The van der Waals surface area contributed by atoms with Gasteiger partial charge < -0.3 is 9.30 Å². The maximum atomic E-state index is 12.8. The van der Waals surface area contributed by atoms with Crippen molar-refractivity contribution in [3.05, 3.63) is 40.0 Å². The number of carbonyl (C=O) groups is 1. The summed E-state index contributed by atoms with van der Waals surface area (Å²) < 4.78 is 7.36. The Hall–Kier alpha value is -2.34. The number of aromatic amines is 1. The summed E-state index contributed by atoms with van der Waals surface area (Å²) in [6.07, 6.45) is 0. The highest BCUT2D eigenvalue weighted by atomic mass is 32.1. The third kappa shape index (κ3) is 2.78. The quantitative estimate of drug-likeness (QED) is 0.723. The first-order valence-electron chi connectivity index (χ1n) is 7.81. The number of benzene rings is 1. The number of fused-ring (bicyclic) bond motifs is 1. The Bertz CT molecular complexity index is 905. The number of ether oxygens (including phenoxy) is 1. The highest BCUT2D eigenvalue weighted by Crippen LogP contribution is 2.29. The van der Waals surface area contributed by atoms with Crippen LogP contribution in [0.15, 0.2) is 18.2 Å². The normalized spacial score (nSPS) is 11.0. The van der Waals surface area contributed by atoms with E-state index in [0.29, 0.717) is 0 Å². The van der Waals surface area contributed by atoms with Crippen molar-refractivity contribution in [1.29, 1.82) is 0 Å². The Morgan fingerprint density at radius 2 is 2.08 bits per heavy atom. The van der Waals surface area contributed by atoms with Crippen LogP contribution in [0.4, 0.5) is 5.13 Å². The van der Waals surface area contributed by atoms with E-state index in [1.165, 1.54) is 4.88 Å². The van der Waals surface area contributed by atoms with Gasteiger partial charge in [0.05, 0.1) is 17.6 Å². The van der Waals surface area contributed by atoms with Crippen LogP contribution in [0.1, 0.15) is 26.6 Å². The van der Waals surface area contributed by atoms with Crippen molar-refractivity contribution >= 4 is 33.2 Å². The lowest BCUT2D eigenvalue weighted by molar-refractivity contribution is -0.364. The second kappa shape index (κ2) is 6.28. The fourth-order valence-corrected chi connectivity index (χ4v) is 3.73. The molecule has 2 aromatic heterocycles. The average molecular weight is 344 g/mol. The Morgan fingerprint density at radius 1 is 1.33 bits per heavy atom. The molecule has 0 unspecified atom stereocenters. The number of methoxy groups -OCH3 is 1. The number of anilines is 1. The number of thiazole rings is 1. The molecule has 6 heteroatoms. The molecule has 0 spiro atoms. The molecule has 0 saturated carbocycles. The van der Waals surface area contributed by atoms with Crippen LogP contribution in [-0.2, 0) is 7.05 Å². The van der Waals surface area contributed by atoms with Crippen LogP contribution in [0, 0.1) is 20.8 Å². The van der Waals surface area contributed by atoms with Gasteiger partial charge in [-0.2, -0.15) is 0 Å². The predicted octanol–water partition coefficient (Wildman–Crippen LogP) is 3.28. The first kappa shape index (κ1) is 16.5. The summed E-state index contributed by atoms with van der Waals surface area (Å²) in [5, 5.41) is 5.05. The molecule has 3 aromatic rings. The van der Waals surface area contributed by atoms with Crippen LogP contribution >= 0.6 is 11.3 Å². The van der Waals surface area contributed by atoms with E-state index in [-0.39, 0.29) is 12.3 Å². The monoisotopic (exact) mass is 344 g/mol. The number of carbonyl (C=O) groups excluding carboxylic acids is 1. The van der Waals surface area contributed by atoms with E-state index >= 15 is 0 Å². The number of ketones is 1. The lowest BCUT2D eigenvalue weighted by Crippen LogP contribution is -2.19. The highest BCUT2D eigenvalue weighted by Gasteiger charge is 2.21. The largest absolute Gasteiger partial charge is 0.497 e. The summed E-state index contributed by atoms with van der Waals surface area (Å²) in [6.45, 7) is 6.32. The summed E-state index contributed by atoms with van der Waals surface area (Å²) in [4.78, 5) is 17.3. The van der Waals surface area contributed by atoms with E-state index in [9.17, 15) is 4.79 Å². The van der Waals surface area contributed by atoms with Gasteiger partial charge in [0.2, 0.25) is 5.78 Å². The van der Waals surface area contributed by atoms with Crippen LogP contribution in [-0.4, -0.2) is 24.0 Å². The number of Topliss-reactive ketones (excluding diaryl/α,β-unsaturated/α-hetero) is 1. The standard InChI is InChI=1S/C18H21N3O2S/c1-10-12(3)24-18(20-10)19-9-16(22)17-11(2)21(4)15-7-6-13(23-5)8-14(15)17/h6-8H,9H2,1-5H3,(H,19,20)/p+1. The van der Waals surface area contributed by atoms with Gasteiger partial charge in [-0.15, -0.1) is 0 Å². The molecule has 0 aliphatic carbocycles. The second-order valence-corrected chi connectivity index (χ2v) is 7.14. The van der Waals surface area contributed by atoms with E-state index in [2.05, 4.69) is 17.2 Å². The van der Waals surface area contributed by atoms with Gasteiger partial charge in [-0.1, -0.05) is 11.3 Å². The molecule has 3 rings (SSSR count). The van der Waals surface area contributed by atoms with Crippen molar-refractivity contribution in [3.8, 4) is 5.75 Å². The van der Waals surface area contributed by atoms with Crippen molar-refractivity contribution in [2.24, 2.45) is 7.05 Å². The van der Waals surface area contributed by atoms with Gasteiger partial charge in [0.1, 0.15) is 18.0 Å². The zero-order valence-corrected chi connectivity index (χ0v) is 15.4. The SMILES string of the molecule is COc1ccc2c(c1)c(C(=O)CNc1[nH+]c(C)c(C)s1)c(C)n2C. The molecule has 0 saturated heterocycles. The fraction of sp³-hybridized carbons (Fsp3) is 0.333. The molecule has 0 amide bonds. The molecule has 2 N–H and O–H groups in total. The second-order valence-electron chi connectivity index (χ2n) is 5.92. The molecular formula is C18H22N3O2S+. The molecule has 2 heterocycles. The summed E-state index contributed by atoms with van der Waals surface area (Å²) >= 11 is 1.63. The predicted molar refractivity (Wildman–Crippen MR) is 97.4 cm³/mol. The van der Waals surface area contributed by atoms with E-state index < -0.39 is 0 Å². The van der Waals surface area contributed by atoms with Crippen molar-refractivity contribution in [3.63, 3.8) is 0 Å². The minimum atomic E-state index is 0.0726. The number of hydrogen-bond acceptors (Lipinski definition) is 4. The summed E-state index contributed by atoms with van der Waals surface area (Å²) in [7, 11) is 3.62. The lowest BCUT2D eigenvalue weighted by Gasteiger charge is -2.01. The van der Waals surface area contributed by atoms with Gasteiger partial charge in [-0.3, -0.25) is 10.1 Å². The third-order valence-corrected chi connectivity index (χ3v) is 5.53. The van der Waals surface area contributed by atoms with Crippen LogP contribution in [0.25, 0.3) is 10.9 Å². The molecule has 126 valence electrons. The van der Waals surface area contributed by atoms with Crippen LogP contribution in [0.2, 0.25) is 0 Å². The Labute approximate surface area is 145 Å². The minimum Gasteiger partial charge on any atom is -0.497 e. The average Bonchev–Trinajstić information content (AvgIpc) is 3.02. The third-order valence-electron chi connectivity index (χ3n) is 4.47. The summed E-state index contributed by atoms with van der Waals surface area (Å²) in [5.41, 5.74) is 3.88. The molecule has 0 aliphatic heterocycles. The molecule has 0 bridgehead atoms. The maximum absolute atomic E-state index is 12.8.